The standard InChI is InChI=1S/C21H26N4O2/c1-23-8-7-18-19(23)3-2-4-20(18)27-17-5-9-24(10-6-17)14-16-13-22-21-15-26-12-11-25(16)21/h2-4,7-8,13,17H,5-6,9-12,14-15H2,1H3. The number of nitrogens with zero attached hydrogens (tertiary/aromatic N) is 4. The minimum atomic E-state index is 0.291. The van der Waals surface area contributed by atoms with Gasteiger partial charge in [-0.05, 0) is 31.0 Å². The fourth-order valence-corrected chi connectivity index (χ4v) is 4.26. The molecule has 0 aliphatic carbocycles. The van der Waals surface area contributed by atoms with Crippen molar-refractivity contribution in [3.63, 3.8) is 0 Å². The molecule has 1 saturated heterocycles. The summed E-state index contributed by atoms with van der Waals surface area (Å²) in [5, 5.41) is 1.20. The van der Waals surface area contributed by atoms with E-state index in [-0.39, 0.29) is 0 Å². The first-order valence-electron chi connectivity index (χ1n) is 9.82. The van der Waals surface area contributed by atoms with E-state index in [1.807, 2.05) is 6.20 Å². The van der Waals surface area contributed by atoms with Gasteiger partial charge in [-0.25, -0.2) is 4.98 Å². The molecule has 2 aromatic heterocycles. The van der Waals surface area contributed by atoms with Crippen molar-refractivity contribution in [2.24, 2.45) is 7.05 Å². The van der Waals surface area contributed by atoms with Crippen LogP contribution in [0.5, 0.6) is 5.75 Å². The Kier molecular flexibility index (Phi) is 4.38. The number of rotatable bonds is 4. The number of piperidine rings is 1. The molecule has 6 nitrogen and oxygen atoms in total. The van der Waals surface area contributed by atoms with Crippen molar-refractivity contribution in [1.29, 1.82) is 0 Å². The highest BCUT2D eigenvalue weighted by Crippen LogP contribution is 2.29. The van der Waals surface area contributed by atoms with E-state index in [1.165, 1.54) is 16.6 Å². The lowest BCUT2D eigenvalue weighted by Crippen LogP contribution is -2.38. The van der Waals surface area contributed by atoms with E-state index < -0.39 is 0 Å². The van der Waals surface area contributed by atoms with E-state index in [4.69, 9.17) is 9.47 Å². The fourth-order valence-electron chi connectivity index (χ4n) is 4.26. The molecule has 0 unspecified atom stereocenters. The smallest absolute Gasteiger partial charge is 0.135 e. The van der Waals surface area contributed by atoms with Crippen LogP contribution in [-0.2, 0) is 31.5 Å². The van der Waals surface area contributed by atoms with Gasteiger partial charge in [0.25, 0.3) is 0 Å². The van der Waals surface area contributed by atoms with Crippen molar-refractivity contribution in [3.05, 3.63) is 48.2 Å². The minimum absolute atomic E-state index is 0.291. The van der Waals surface area contributed by atoms with E-state index in [0.29, 0.717) is 12.7 Å². The number of ether oxygens (including phenoxy) is 2. The van der Waals surface area contributed by atoms with Crippen molar-refractivity contribution in [1.82, 2.24) is 19.0 Å². The second kappa shape index (κ2) is 7.02. The summed E-state index contributed by atoms with van der Waals surface area (Å²) < 4.78 is 16.3. The normalized spacial score (nSPS) is 18.7. The van der Waals surface area contributed by atoms with Gasteiger partial charge in [-0.2, -0.15) is 0 Å². The number of benzene rings is 1. The van der Waals surface area contributed by atoms with Gasteiger partial charge in [0.15, 0.2) is 0 Å². The van der Waals surface area contributed by atoms with Crippen LogP contribution in [0.15, 0.2) is 36.7 Å². The molecule has 0 N–H and O–H groups in total. The number of fused-ring (bicyclic) bond motifs is 2. The maximum atomic E-state index is 6.38. The van der Waals surface area contributed by atoms with E-state index >= 15 is 0 Å². The van der Waals surface area contributed by atoms with Crippen LogP contribution >= 0.6 is 0 Å². The van der Waals surface area contributed by atoms with Crippen molar-refractivity contribution < 1.29 is 9.47 Å². The summed E-state index contributed by atoms with van der Waals surface area (Å²) >= 11 is 0. The molecule has 0 bridgehead atoms. The lowest BCUT2D eigenvalue weighted by molar-refractivity contribution is 0.0762. The van der Waals surface area contributed by atoms with Crippen molar-refractivity contribution in [2.75, 3.05) is 19.7 Å². The second-order valence-corrected chi connectivity index (χ2v) is 7.58. The topological polar surface area (TPSA) is 44.5 Å². The average molecular weight is 366 g/mol. The Bertz CT molecular complexity index is 937. The minimum Gasteiger partial charge on any atom is -0.490 e. The maximum absolute atomic E-state index is 6.38. The lowest BCUT2D eigenvalue weighted by Gasteiger charge is -2.32. The van der Waals surface area contributed by atoms with Gasteiger partial charge in [-0.15, -0.1) is 0 Å². The second-order valence-electron chi connectivity index (χ2n) is 7.58. The summed E-state index contributed by atoms with van der Waals surface area (Å²) in [5.41, 5.74) is 2.53. The molecule has 0 amide bonds. The molecule has 0 atom stereocenters. The first kappa shape index (κ1) is 16.8. The number of likely N-dealkylation sites (tertiary alicyclic amines) is 1. The molecule has 1 fully saturated rings. The Hall–Kier alpha value is -2.31. The van der Waals surface area contributed by atoms with E-state index in [9.17, 15) is 0 Å². The quantitative estimate of drug-likeness (QED) is 0.712. The first-order valence-corrected chi connectivity index (χ1v) is 9.82. The Balaban J connectivity index is 1.21. The van der Waals surface area contributed by atoms with Gasteiger partial charge >= 0.3 is 0 Å². The molecule has 4 heterocycles. The molecule has 3 aromatic rings. The van der Waals surface area contributed by atoms with Gasteiger partial charge in [-0.1, -0.05) is 6.07 Å². The molecule has 2 aliphatic heterocycles. The zero-order valence-corrected chi connectivity index (χ0v) is 15.8. The van der Waals surface area contributed by atoms with Crippen LogP contribution in [0.4, 0.5) is 0 Å². The molecule has 142 valence electrons. The van der Waals surface area contributed by atoms with Crippen LogP contribution in [0, 0.1) is 0 Å². The summed E-state index contributed by atoms with van der Waals surface area (Å²) in [4.78, 5) is 7.03. The summed E-state index contributed by atoms with van der Waals surface area (Å²) in [7, 11) is 2.08. The summed E-state index contributed by atoms with van der Waals surface area (Å²) in [6, 6.07) is 8.46. The van der Waals surface area contributed by atoms with Gasteiger partial charge in [0, 0.05) is 51.0 Å². The van der Waals surface area contributed by atoms with Gasteiger partial charge < -0.3 is 18.6 Å². The van der Waals surface area contributed by atoms with E-state index in [1.54, 1.807) is 0 Å². The van der Waals surface area contributed by atoms with Gasteiger partial charge in [0.05, 0.1) is 17.8 Å². The zero-order valence-electron chi connectivity index (χ0n) is 15.8. The lowest BCUT2D eigenvalue weighted by atomic mass is 10.1. The van der Waals surface area contributed by atoms with E-state index in [2.05, 4.69) is 56.5 Å². The zero-order chi connectivity index (χ0) is 18.2. The Labute approximate surface area is 159 Å². The monoisotopic (exact) mass is 366 g/mol. The average Bonchev–Trinajstić information content (AvgIpc) is 3.28. The maximum Gasteiger partial charge on any atom is 0.135 e. The van der Waals surface area contributed by atoms with Crippen LogP contribution in [0.3, 0.4) is 0 Å². The molecule has 0 radical (unpaired) electrons. The van der Waals surface area contributed by atoms with Gasteiger partial charge in [0.1, 0.15) is 24.3 Å². The molecular formula is C21H26N4O2. The third-order valence-corrected chi connectivity index (χ3v) is 5.81. The molecule has 27 heavy (non-hydrogen) atoms. The number of aromatic nitrogens is 3. The Morgan fingerprint density at radius 3 is 2.96 bits per heavy atom. The van der Waals surface area contributed by atoms with Crippen LogP contribution in [0.1, 0.15) is 24.4 Å². The molecule has 2 aliphatic rings. The third kappa shape index (κ3) is 3.24. The molecule has 0 spiro atoms. The van der Waals surface area contributed by atoms with Crippen LogP contribution in [0.25, 0.3) is 10.9 Å². The number of imidazole rings is 1. The highest BCUT2D eigenvalue weighted by Gasteiger charge is 2.23. The van der Waals surface area contributed by atoms with Crippen molar-refractivity contribution in [2.45, 2.75) is 38.6 Å². The van der Waals surface area contributed by atoms with Crippen molar-refractivity contribution in [3.8, 4) is 5.75 Å². The predicted octanol–water partition coefficient (Wildman–Crippen LogP) is 2.95. The van der Waals surface area contributed by atoms with E-state index in [0.717, 1.165) is 57.2 Å². The molecule has 6 heteroatoms. The Morgan fingerprint density at radius 2 is 2.07 bits per heavy atom. The Morgan fingerprint density at radius 1 is 1.19 bits per heavy atom. The highest BCUT2D eigenvalue weighted by molar-refractivity contribution is 5.86. The SMILES string of the molecule is Cn1ccc2c(OC3CCN(Cc4cnc5n4CCOC5)CC3)cccc21. The van der Waals surface area contributed by atoms with Crippen molar-refractivity contribution >= 4 is 10.9 Å². The van der Waals surface area contributed by atoms with Crippen LogP contribution in [-0.4, -0.2) is 44.8 Å². The summed E-state index contributed by atoms with van der Waals surface area (Å²) in [5.74, 6) is 2.07. The molecule has 1 aromatic carbocycles. The number of hydrogen-bond donors (Lipinski definition) is 0. The molecule has 5 rings (SSSR count). The third-order valence-electron chi connectivity index (χ3n) is 5.81. The largest absolute Gasteiger partial charge is 0.490 e. The summed E-state index contributed by atoms with van der Waals surface area (Å²) in [6.45, 7) is 5.44. The molecular weight excluding hydrogens is 340 g/mol. The molecule has 0 saturated carbocycles. The van der Waals surface area contributed by atoms with Crippen LogP contribution < -0.4 is 4.74 Å². The number of aryl methyl sites for hydroxylation is 1. The van der Waals surface area contributed by atoms with Gasteiger partial charge in [0.2, 0.25) is 0 Å². The summed E-state index contributed by atoms with van der Waals surface area (Å²) in [6.07, 6.45) is 6.53. The first-order chi connectivity index (χ1) is 13.3. The highest BCUT2D eigenvalue weighted by atomic mass is 16.5. The van der Waals surface area contributed by atoms with Crippen LogP contribution in [0.2, 0.25) is 0 Å². The van der Waals surface area contributed by atoms with Gasteiger partial charge in [-0.3, -0.25) is 4.90 Å². The number of hydrogen-bond acceptors (Lipinski definition) is 4. The predicted molar refractivity (Wildman–Crippen MR) is 104 cm³/mol. The fraction of sp³-hybridized carbons (Fsp3) is 0.476.